The third kappa shape index (κ3) is 3.39. The van der Waals surface area contributed by atoms with Gasteiger partial charge in [-0.05, 0) is 54.7 Å². The molecule has 2 N–H and O–H groups in total. The molecule has 0 saturated heterocycles. The van der Waals surface area contributed by atoms with Gasteiger partial charge in [-0.3, -0.25) is 9.82 Å². The quantitative estimate of drug-likeness (QED) is 0.484. The number of aromatic amines is 1. The van der Waals surface area contributed by atoms with E-state index in [4.69, 9.17) is 4.74 Å². The average Bonchev–Trinajstić information content (AvgIpc) is 3.49. The van der Waals surface area contributed by atoms with Crippen LogP contribution in [-0.2, 0) is 10.0 Å². The van der Waals surface area contributed by atoms with Crippen LogP contribution in [0.1, 0.15) is 24.3 Å². The summed E-state index contributed by atoms with van der Waals surface area (Å²) in [5, 5.41) is 7.63. The first kappa shape index (κ1) is 18.6. The number of nitrogens with one attached hydrogen (secondary N) is 2. The maximum absolute atomic E-state index is 13.2. The van der Waals surface area contributed by atoms with E-state index >= 15 is 0 Å². The third-order valence-corrected chi connectivity index (χ3v) is 6.67. The van der Waals surface area contributed by atoms with Gasteiger partial charge in [-0.25, -0.2) is 13.4 Å². The molecule has 7 nitrogen and oxygen atoms in total. The molecule has 1 aliphatic rings. The van der Waals surface area contributed by atoms with Gasteiger partial charge in [-0.15, -0.1) is 0 Å². The molecule has 2 heterocycles. The zero-order valence-corrected chi connectivity index (χ0v) is 17.1. The average molecular weight is 420 g/mol. The summed E-state index contributed by atoms with van der Waals surface area (Å²) in [6.45, 7) is 0. The summed E-state index contributed by atoms with van der Waals surface area (Å²) in [6, 6.07) is 14.3. The number of pyridine rings is 1. The Kier molecular flexibility index (Phi) is 4.43. The van der Waals surface area contributed by atoms with Crippen LogP contribution in [0.25, 0.3) is 22.2 Å². The first-order chi connectivity index (χ1) is 14.5. The predicted octanol–water partition coefficient (Wildman–Crippen LogP) is 4.31. The number of nitrogens with zero attached hydrogens (tertiary/aromatic N) is 2. The number of para-hydroxylation sites is 1. The van der Waals surface area contributed by atoms with Gasteiger partial charge in [0.2, 0.25) is 0 Å². The van der Waals surface area contributed by atoms with E-state index < -0.39 is 10.0 Å². The number of hydrogen-bond donors (Lipinski definition) is 2. The summed E-state index contributed by atoms with van der Waals surface area (Å²) in [7, 11) is -2.22. The second-order valence-electron chi connectivity index (χ2n) is 7.36. The fraction of sp³-hybridized carbons (Fsp3) is 0.182. The van der Waals surface area contributed by atoms with E-state index in [0.717, 1.165) is 29.4 Å². The molecule has 0 atom stereocenters. The van der Waals surface area contributed by atoms with E-state index in [0.29, 0.717) is 28.6 Å². The molecule has 4 aromatic rings. The molecule has 0 unspecified atom stereocenters. The lowest BCUT2D eigenvalue weighted by Gasteiger charge is -2.14. The minimum Gasteiger partial charge on any atom is -0.496 e. The lowest BCUT2D eigenvalue weighted by Crippen LogP contribution is -2.14. The molecule has 1 saturated carbocycles. The maximum atomic E-state index is 13.2. The number of H-pyrrole nitrogens is 1. The Hall–Kier alpha value is -3.39. The van der Waals surface area contributed by atoms with Gasteiger partial charge in [0.1, 0.15) is 5.75 Å². The van der Waals surface area contributed by atoms with Crippen LogP contribution in [0.4, 0.5) is 5.69 Å². The van der Waals surface area contributed by atoms with Crippen LogP contribution in [0.15, 0.2) is 65.8 Å². The molecule has 0 amide bonds. The smallest absolute Gasteiger partial charge is 0.261 e. The highest BCUT2D eigenvalue weighted by atomic mass is 32.2. The van der Waals surface area contributed by atoms with Crippen LogP contribution >= 0.6 is 0 Å². The van der Waals surface area contributed by atoms with Gasteiger partial charge in [0, 0.05) is 22.7 Å². The molecule has 1 fully saturated rings. The van der Waals surface area contributed by atoms with Crippen LogP contribution in [0, 0.1) is 0 Å². The van der Waals surface area contributed by atoms with Gasteiger partial charge in [0.05, 0.1) is 23.9 Å². The molecule has 1 aliphatic carbocycles. The van der Waals surface area contributed by atoms with Gasteiger partial charge in [-0.2, -0.15) is 5.10 Å². The SMILES string of the molecule is COc1ccc(S(=O)(=O)Nc2ccccc2C2CC2)cc1-c1cnc2[nH]ncc2c1. The number of fused-ring (bicyclic) bond motifs is 1. The molecule has 30 heavy (non-hydrogen) atoms. The number of methoxy groups -OCH3 is 1. The molecule has 2 aromatic heterocycles. The fourth-order valence-electron chi connectivity index (χ4n) is 3.61. The van der Waals surface area contributed by atoms with Crippen molar-refractivity contribution in [1.29, 1.82) is 0 Å². The van der Waals surface area contributed by atoms with Gasteiger partial charge in [0.25, 0.3) is 10.0 Å². The van der Waals surface area contributed by atoms with Crippen LogP contribution in [0.3, 0.4) is 0 Å². The first-order valence-electron chi connectivity index (χ1n) is 9.64. The second kappa shape index (κ2) is 7.14. The molecule has 0 aliphatic heterocycles. The number of benzene rings is 2. The highest BCUT2D eigenvalue weighted by Gasteiger charge is 2.27. The summed E-state index contributed by atoms with van der Waals surface area (Å²) in [4.78, 5) is 4.51. The van der Waals surface area contributed by atoms with Gasteiger partial charge < -0.3 is 4.74 Å². The zero-order chi connectivity index (χ0) is 20.7. The van der Waals surface area contributed by atoms with Crippen molar-refractivity contribution < 1.29 is 13.2 Å². The lowest BCUT2D eigenvalue weighted by atomic mass is 10.1. The van der Waals surface area contributed by atoms with Crippen LogP contribution in [0.2, 0.25) is 0 Å². The van der Waals surface area contributed by atoms with E-state index in [-0.39, 0.29) is 4.90 Å². The normalized spacial score (nSPS) is 14.0. The molecule has 0 bridgehead atoms. The van der Waals surface area contributed by atoms with Crippen molar-refractivity contribution in [3.8, 4) is 16.9 Å². The van der Waals surface area contributed by atoms with Crippen molar-refractivity contribution in [1.82, 2.24) is 15.2 Å². The number of hydrogen-bond acceptors (Lipinski definition) is 5. The molecule has 152 valence electrons. The number of rotatable bonds is 6. The van der Waals surface area contributed by atoms with Gasteiger partial charge in [-0.1, -0.05) is 18.2 Å². The maximum Gasteiger partial charge on any atom is 0.261 e. The second-order valence-corrected chi connectivity index (χ2v) is 9.04. The van der Waals surface area contributed by atoms with E-state index in [1.165, 1.54) is 0 Å². The highest BCUT2D eigenvalue weighted by molar-refractivity contribution is 7.92. The fourth-order valence-corrected chi connectivity index (χ4v) is 4.72. The summed E-state index contributed by atoms with van der Waals surface area (Å²) >= 11 is 0. The molecular formula is C22H20N4O3S. The Balaban J connectivity index is 1.55. The Bertz CT molecular complexity index is 1340. The Morgan fingerprint density at radius 3 is 2.73 bits per heavy atom. The number of anilines is 1. The monoisotopic (exact) mass is 420 g/mol. The summed E-state index contributed by atoms with van der Waals surface area (Å²) < 4.78 is 34.6. The van der Waals surface area contributed by atoms with Gasteiger partial charge >= 0.3 is 0 Å². The molecule has 0 radical (unpaired) electrons. The Labute approximate surface area is 174 Å². The van der Waals surface area contributed by atoms with Crippen LogP contribution in [0.5, 0.6) is 5.75 Å². The first-order valence-corrected chi connectivity index (χ1v) is 11.1. The van der Waals surface area contributed by atoms with Crippen molar-refractivity contribution in [2.45, 2.75) is 23.7 Å². The summed E-state index contributed by atoms with van der Waals surface area (Å²) in [5.74, 6) is 1.00. The molecule has 2 aromatic carbocycles. The minimum absolute atomic E-state index is 0.163. The number of aromatic nitrogens is 3. The highest BCUT2D eigenvalue weighted by Crippen LogP contribution is 2.43. The Morgan fingerprint density at radius 1 is 1.10 bits per heavy atom. The molecular weight excluding hydrogens is 400 g/mol. The Morgan fingerprint density at radius 2 is 1.93 bits per heavy atom. The van der Waals surface area contributed by atoms with Gasteiger partial charge in [0.15, 0.2) is 5.65 Å². The van der Waals surface area contributed by atoms with E-state index in [1.807, 2.05) is 30.3 Å². The number of ether oxygens (including phenoxy) is 1. The van der Waals surface area contributed by atoms with Crippen molar-refractivity contribution in [2.75, 3.05) is 11.8 Å². The van der Waals surface area contributed by atoms with E-state index in [2.05, 4.69) is 19.9 Å². The van der Waals surface area contributed by atoms with Crippen molar-refractivity contribution in [3.05, 3.63) is 66.5 Å². The van der Waals surface area contributed by atoms with Crippen LogP contribution in [-0.4, -0.2) is 30.7 Å². The predicted molar refractivity (Wildman–Crippen MR) is 115 cm³/mol. The molecule has 0 spiro atoms. The lowest BCUT2D eigenvalue weighted by molar-refractivity contribution is 0.416. The van der Waals surface area contributed by atoms with Crippen molar-refractivity contribution >= 4 is 26.7 Å². The molecule has 8 heteroatoms. The summed E-state index contributed by atoms with van der Waals surface area (Å²) in [5.41, 5.74) is 3.74. The van der Waals surface area contributed by atoms with E-state index in [1.54, 1.807) is 37.7 Å². The molecule has 5 rings (SSSR count). The summed E-state index contributed by atoms with van der Waals surface area (Å²) in [6.07, 6.45) is 5.53. The van der Waals surface area contributed by atoms with Crippen molar-refractivity contribution in [2.24, 2.45) is 0 Å². The standard InChI is InChI=1S/C22H20N4O3S/c1-29-21-9-8-17(11-19(21)15-10-16-13-24-25-22(16)23-12-15)30(27,28)26-20-5-3-2-4-18(20)14-6-7-14/h2-5,8-14,26H,6-7H2,1H3,(H,23,24,25). The minimum atomic E-state index is -3.77. The van der Waals surface area contributed by atoms with E-state index in [9.17, 15) is 8.42 Å². The van der Waals surface area contributed by atoms with Crippen molar-refractivity contribution in [3.63, 3.8) is 0 Å². The van der Waals surface area contributed by atoms with Crippen LogP contribution < -0.4 is 9.46 Å². The number of sulfonamides is 1. The topological polar surface area (TPSA) is 97.0 Å². The zero-order valence-electron chi connectivity index (χ0n) is 16.3. The third-order valence-electron chi connectivity index (χ3n) is 5.31. The largest absolute Gasteiger partial charge is 0.496 e.